The molecule has 6 nitrogen and oxygen atoms in total. The quantitative estimate of drug-likeness (QED) is 0.856. The normalized spacial score (nSPS) is 13.5. The number of ketones is 1. The first kappa shape index (κ1) is 15.3. The average Bonchev–Trinajstić information content (AvgIpc) is 3.07. The van der Waals surface area contributed by atoms with Crippen molar-refractivity contribution >= 4 is 11.7 Å². The maximum absolute atomic E-state index is 12.2. The molecule has 1 N–H and O–H groups in total. The van der Waals surface area contributed by atoms with E-state index in [-0.39, 0.29) is 18.3 Å². The topological polar surface area (TPSA) is 75.3 Å². The van der Waals surface area contributed by atoms with Gasteiger partial charge >= 0.3 is 0 Å². The van der Waals surface area contributed by atoms with Crippen LogP contribution < -0.4 is 4.74 Å². The van der Waals surface area contributed by atoms with E-state index < -0.39 is 0 Å². The smallest absolute Gasteiger partial charge is 0.260 e. The summed E-state index contributed by atoms with van der Waals surface area (Å²) in [6.07, 6.45) is 3.03. The number of nitrogens with one attached hydrogen (secondary N) is 1. The highest BCUT2D eigenvalue weighted by atomic mass is 16.5. The fourth-order valence-corrected chi connectivity index (χ4v) is 2.61. The van der Waals surface area contributed by atoms with Crippen LogP contribution in [0.3, 0.4) is 0 Å². The Bertz CT molecular complexity index is 706. The molecule has 0 fully saturated rings. The fraction of sp³-hybridized carbons (Fsp3) is 0.353. The average molecular weight is 313 g/mol. The van der Waals surface area contributed by atoms with Gasteiger partial charge in [-0.25, -0.2) is 0 Å². The number of hydrogen-bond donors (Lipinski definition) is 1. The van der Waals surface area contributed by atoms with E-state index in [1.165, 1.54) is 0 Å². The van der Waals surface area contributed by atoms with Crippen molar-refractivity contribution in [3.8, 4) is 5.75 Å². The Morgan fingerprint density at radius 3 is 2.83 bits per heavy atom. The third kappa shape index (κ3) is 3.41. The van der Waals surface area contributed by atoms with Crippen LogP contribution in [0.1, 0.15) is 35.0 Å². The third-order valence-corrected chi connectivity index (χ3v) is 4.01. The van der Waals surface area contributed by atoms with Crippen LogP contribution in [0.5, 0.6) is 5.75 Å². The van der Waals surface area contributed by atoms with E-state index >= 15 is 0 Å². The molecule has 1 aromatic carbocycles. The lowest BCUT2D eigenvalue weighted by Crippen LogP contribution is -2.38. The maximum atomic E-state index is 12.2. The predicted molar refractivity (Wildman–Crippen MR) is 84.3 cm³/mol. The van der Waals surface area contributed by atoms with Gasteiger partial charge in [0, 0.05) is 42.8 Å². The zero-order valence-electron chi connectivity index (χ0n) is 13.0. The minimum Gasteiger partial charge on any atom is -0.484 e. The van der Waals surface area contributed by atoms with Crippen LogP contribution in [-0.2, 0) is 17.8 Å². The highest BCUT2D eigenvalue weighted by molar-refractivity contribution is 5.95. The number of ether oxygens (including phenoxy) is 1. The third-order valence-electron chi connectivity index (χ3n) is 4.01. The summed E-state index contributed by atoms with van der Waals surface area (Å²) in [4.78, 5) is 25.6. The summed E-state index contributed by atoms with van der Waals surface area (Å²) in [6, 6.07) is 6.90. The van der Waals surface area contributed by atoms with Gasteiger partial charge in [0.2, 0.25) is 0 Å². The predicted octanol–water partition coefficient (Wildman–Crippen LogP) is 1.97. The first-order valence-corrected chi connectivity index (χ1v) is 7.72. The molecule has 0 spiro atoms. The summed E-state index contributed by atoms with van der Waals surface area (Å²) >= 11 is 0. The van der Waals surface area contributed by atoms with Crippen molar-refractivity contribution < 1.29 is 14.3 Å². The van der Waals surface area contributed by atoms with Crippen molar-refractivity contribution in [1.82, 2.24) is 15.1 Å². The molecule has 1 amide bonds. The summed E-state index contributed by atoms with van der Waals surface area (Å²) in [7, 11) is 0. The zero-order valence-corrected chi connectivity index (χ0v) is 13.0. The molecule has 2 aromatic rings. The van der Waals surface area contributed by atoms with Gasteiger partial charge in [0.25, 0.3) is 5.91 Å². The van der Waals surface area contributed by atoms with Gasteiger partial charge in [0.05, 0.1) is 6.20 Å². The number of Topliss-reactive ketones (excluding diaryl/α,β-unsaturated/α-hetero) is 1. The van der Waals surface area contributed by atoms with Gasteiger partial charge in [-0.3, -0.25) is 14.7 Å². The van der Waals surface area contributed by atoms with Crippen molar-refractivity contribution in [2.45, 2.75) is 26.3 Å². The molecule has 2 heterocycles. The van der Waals surface area contributed by atoms with E-state index in [9.17, 15) is 9.59 Å². The van der Waals surface area contributed by atoms with E-state index in [0.717, 1.165) is 17.7 Å². The number of H-pyrrole nitrogens is 1. The maximum Gasteiger partial charge on any atom is 0.260 e. The molecule has 23 heavy (non-hydrogen) atoms. The van der Waals surface area contributed by atoms with E-state index in [1.54, 1.807) is 35.4 Å². The number of carbonyl (C=O) groups excluding carboxylic acids is 2. The van der Waals surface area contributed by atoms with E-state index in [2.05, 4.69) is 10.2 Å². The van der Waals surface area contributed by atoms with E-state index in [1.807, 2.05) is 6.92 Å². The number of nitrogens with zero attached hydrogens (tertiary/aromatic N) is 2. The van der Waals surface area contributed by atoms with Crippen molar-refractivity contribution in [1.29, 1.82) is 0 Å². The standard InChI is InChI=1S/C17H19N3O3/c1-2-16(21)12-3-5-14(6-4-12)23-11-17(22)20-8-7-15-13(10-20)9-18-19-15/h3-6,9H,2,7-8,10-11H2,1H3,(H,18,19). The van der Waals surface area contributed by atoms with Crippen LogP contribution in [-0.4, -0.2) is 39.9 Å². The van der Waals surface area contributed by atoms with Crippen molar-refractivity contribution in [2.75, 3.05) is 13.2 Å². The van der Waals surface area contributed by atoms with Gasteiger partial charge in [0.1, 0.15) is 5.75 Å². The summed E-state index contributed by atoms with van der Waals surface area (Å²) < 4.78 is 5.53. The molecule has 120 valence electrons. The molecular formula is C17H19N3O3. The molecule has 0 radical (unpaired) electrons. The Morgan fingerprint density at radius 2 is 2.09 bits per heavy atom. The SMILES string of the molecule is CCC(=O)c1ccc(OCC(=O)N2CCc3[nH]ncc3C2)cc1. The highest BCUT2D eigenvalue weighted by Crippen LogP contribution is 2.17. The number of aromatic amines is 1. The molecule has 0 saturated heterocycles. The van der Waals surface area contributed by atoms with Gasteiger partial charge in [-0.05, 0) is 24.3 Å². The number of aromatic nitrogens is 2. The van der Waals surface area contributed by atoms with Gasteiger partial charge < -0.3 is 9.64 Å². The highest BCUT2D eigenvalue weighted by Gasteiger charge is 2.22. The van der Waals surface area contributed by atoms with Gasteiger partial charge in [0.15, 0.2) is 12.4 Å². The molecule has 0 unspecified atom stereocenters. The summed E-state index contributed by atoms with van der Waals surface area (Å²) in [5, 5.41) is 6.95. The number of carbonyl (C=O) groups is 2. The lowest BCUT2D eigenvalue weighted by atomic mass is 10.1. The summed E-state index contributed by atoms with van der Waals surface area (Å²) in [5.41, 5.74) is 2.83. The first-order valence-electron chi connectivity index (χ1n) is 7.72. The molecule has 0 atom stereocenters. The minimum absolute atomic E-state index is 0.00570. The van der Waals surface area contributed by atoms with E-state index in [4.69, 9.17) is 4.74 Å². The summed E-state index contributed by atoms with van der Waals surface area (Å²) in [6.45, 7) is 3.06. The Kier molecular flexibility index (Phi) is 4.41. The molecule has 1 aliphatic heterocycles. The Labute approximate surface area is 134 Å². The molecular weight excluding hydrogens is 294 g/mol. The number of hydrogen-bond acceptors (Lipinski definition) is 4. The number of amides is 1. The second-order valence-electron chi connectivity index (χ2n) is 5.53. The molecule has 1 aromatic heterocycles. The van der Waals surface area contributed by atoms with Gasteiger partial charge in [-0.2, -0.15) is 5.10 Å². The molecule has 0 saturated carbocycles. The van der Waals surface area contributed by atoms with Crippen LogP contribution >= 0.6 is 0 Å². The van der Waals surface area contributed by atoms with Gasteiger partial charge in [-0.1, -0.05) is 6.92 Å². The number of benzene rings is 1. The van der Waals surface area contributed by atoms with Crippen LogP contribution in [0.25, 0.3) is 0 Å². The fourth-order valence-electron chi connectivity index (χ4n) is 2.61. The second kappa shape index (κ2) is 6.64. The molecule has 1 aliphatic rings. The lowest BCUT2D eigenvalue weighted by molar-refractivity contribution is -0.134. The van der Waals surface area contributed by atoms with Gasteiger partial charge in [-0.15, -0.1) is 0 Å². The second-order valence-corrected chi connectivity index (χ2v) is 5.53. The molecule has 0 bridgehead atoms. The molecule has 6 heteroatoms. The van der Waals surface area contributed by atoms with E-state index in [0.29, 0.717) is 30.8 Å². The Morgan fingerprint density at radius 1 is 1.30 bits per heavy atom. The largest absolute Gasteiger partial charge is 0.484 e. The first-order chi connectivity index (χ1) is 11.2. The lowest BCUT2D eigenvalue weighted by Gasteiger charge is -2.26. The van der Waals surface area contributed by atoms with Crippen LogP contribution in [0.15, 0.2) is 30.5 Å². The minimum atomic E-state index is -0.0504. The Hall–Kier alpha value is -2.63. The number of fused-ring (bicyclic) bond motifs is 1. The van der Waals surface area contributed by atoms with Crippen LogP contribution in [0.4, 0.5) is 0 Å². The van der Waals surface area contributed by atoms with Crippen molar-refractivity contribution in [3.05, 3.63) is 47.3 Å². The van der Waals surface area contributed by atoms with Crippen LogP contribution in [0, 0.1) is 0 Å². The zero-order chi connectivity index (χ0) is 16.2. The molecule has 0 aliphatic carbocycles. The number of rotatable bonds is 5. The Balaban J connectivity index is 1.54. The molecule has 3 rings (SSSR count). The van der Waals surface area contributed by atoms with Crippen molar-refractivity contribution in [3.63, 3.8) is 0 Å². The summed E-state index contributed by atoms with van der Waals surface area (Å²) in [5.74, 6) is 0.634. The van der Waals surface area contributed by atoms with Crippen molar-refractivity contribution in [2.24, 2.45) is 0 Å². The van der Waals surface area contributed by atoms with Crippen LogP contribution in [0.2, 0.25) is 0 Å². The monoisotopic (exact) mass is 313 g/mol.